The van der Waals surface area contributed by atoms with Crippen LogP contribution in [0, 0.1) is 6.92 Å². The fourth-order valence-corrected chi connectivity index (χ4v) is 4.43. The normalized spacial score (nSPS) is 16.1. The zero-order chi connectivity index (χ0) is 18.7. The molecule has 1 atom stereocenters. The van der Waals surface area contributed by atoms with Gasteiger partial charge in [-0.25, -0.2) is 13.1 Å². The van der Waals surface area contributed by atoms with E-state index in [9.17, 15) is 13.2 Å². The molecule has 0 bridgehead atoms. The van der Waals surface area contributed by atoms with E-state index in [1.807, 2.05) is 44.2 Å². The highest BCUT2D eigenvalue weighted by atomic mass is 32.2. The van der Waals surface area contributed by atoms with Gasteiger partial charge in [-0.05, 0) is 48.6 Å². The third kappa shape index (κ3) is 3.97. The van der Waals surface area contributed by atoms with Crippen molar-refractivity contribution in [2.45, 2.75) is 37.5 Å². The van der Waals surface area contributed by atoms with E-state index in [1.54, 1.807) is 23.1 Å². The number of amides is 1. The van der Waals surface area contributed by atoms with Gasteiger partial charge in [-0.3, -0.25) is 4.79 Å². The molecule has 5 nitrogen and oxygen atoms in total. The molecule has 1 aliphatic heterocycles. The average molecular weight is 372 g/mol. The molecule has 138 valence electrons. The van der Waals surface area contributed by atoms with Crippen molar-refractivity contribution in [2.75, 3.05) is 18.0 Å². The van der Waals surface area contributed by atoms with Gasteiger partial charge in [-0.1, -0.05) is 37.3 Å². The zero-order valence-corrected chi connectivity index (χ0v) is 15.9. The number of sulfonamides is 1. The number of nitrogens with one attached hydrogen (secondary N) is 1. The van der Waals surface area contributed by atoms with Gasteiger partial charge in [0.15, 0.2) is 0 Å². The summed E-state index contributed by atoms with van der Waals surface area (Å²) < 4.78 is 27.9. The molecule has 1 saturated heterocycles. The zero-order valence-electron chi connectivity index (χ0n) is 15.1. The van der Waals surface area contributed by atoms with Crippen molar-refractivity contribution in [2.24, 2.45) is 0 Å². The van der Waals surface area contributed by atoms with Crippen LogP contribution in [-0.2, 0) is 14.8 Å². The number of rotatable bonds is 6. The predicted octanol–water partition coefficient (Wildman–Crippen LogP) is 3.20. The monoisotopic (exact) mass is 372 g/mol. The quantitative estimate of drug-likeness (QED) is 0.847. The molecule has 1 heterocycles. The smallest absolute Gasteiger partial charge is 0.240 e. The van der Waals surface area contributed by atoms with Crippen LogP contribution in [0.2, 0.25) is 0 Å². The summed E-state index contributed by atoms with van der Waals surface area (Å²) in [4.78, 5) is 13.9. The summed E-state index contributed by atoms with van der Waals surface area (Å²) in [5, 5.41) is 0. The maximum atomic E-state index is 12.6. The van der Waals surface area contributed by atoms with E-state index < -0.39 is 10.0 Å². The standard InChI is InChI=1S/C20H24N2O3S/c1-15-13-18(10-11-19(15)22-12-6-9-20(22)23)26(24,25)21-14-16(2)17-7-4-3-5-8-17/h3-5,7-8,10-11,13,16,21H,6,9,12,14H2,1-2H3/t16-/m1/s1. The van der Waals surface area contributed by atoms with E-state index in [4.69, 9.17) is 0 Å². The highest BCUT2D eigenvalue weighted by Crippen LogP contribution is 2.27. The van der Waals surface area contributed by atoms with Crippen LogP contribution < -0.4 is 9.62 Å². The molecule has 2 aromatic rings. The summed E-state index contributed by atoms with van der Waals surface area (Å²) in [5.74, 6) is 0.173. The minimum absolute atomic E-state index is 0.0774. The van der Waals surface area contributed by atoms with Gasteiger partial charge in [0.1, 0.15) is 0 Å². The largest absolute Gasteiger partial charge is 0.312 e. The molecular formula is C20H24N2O3S. The third-order valence-corrected chi connectivity index (χ3v) is 6.21. The highest BCUT2D eigenvalue weighted by molar-refractivity contribution is 7.89. The van der Waals surface area contributed by atoms with Crippen molar-refractivity contribution >= 4 is 21.6 Å². The summed E-state index contributed by atoms with van der Waals surface area (Å²) in [6.07, 6.45) is 1.40. The molecule has 1 fully saturated rings. The van der Waals surface area contributed by atoms with Crippen LogP contribution in [0.3, 0.4) is 0 Å². The first-order chi connectivity index (χ1) is 12.4. The minimum Gasteiger partial charge on any atom is -0.312 e. The molecule has 6 heteroatoms. The molecule has 2 aromatic carbocycles. The molecule has 26 heavy (non-hydrogen) atoms. The van der Waals surface area contributed by atoms with Crippen LogP contribution in [0.5, 0.6) is 0 Å². The molecular weight excluding hydrogens is 348 g/mol. The van der Waals surface area contributed by atoms with Crippen LogP contribution in [-0.4, -0.2) is 27.4 Å². The van der Waals surface area contributed by atoms with E-state index in [1.165, 1.54) is 0 Å². The summed E-state index contributed by atoms with van der Waals surface area (Å²) >= 11 is 0. The summed E-state index contributed by atoms with van der Waals surface area (Å²) in [6.45, 7) is 4.86. The Morgan fingerprint density at radius 2 is 1.88 bits per heavy atom. The van der Waals surface area contributed by atoms with E-state index in [0.29, 0.717) is 19.5 Å². The first-order valence-electron chi connectivity index (χ1n) is 8.84. The predicted molar refractivity (Wildman–Crippen MR) is 103 cm³/mol. The van der Waals surface area contributed by atoms with Crippen molar-refractivity contribution in [3.05, 3.63) is 59.7 Å². The van der Waals surface area contributed by atoms with Crippen molar-refractivity contribution < 1.29 is 13.2 Å². The van der Waals surface area contributed by atoms with Gasteiger partial charge < -0.3 is 4.90 Å². The maximum absolute atomic E-state index is 12.6. The first-order valence-corrected chi connectivity index (χ1v) is 10.3. The summed E-state index contributed by atoms with van der Waals surface area (Å²) in [7, 11) is -3.59. The molecule has 0 spiro atoms. The summed E-state index contributed by atoms with van der Waals surface area (Å²) in [5.41, 5.74) is 2.68. The Hall–Kier alpha value is -2.18. The fourth-order valence-electron chi connectivity index (χ4n) is 3.22. The van der Waals surface area contributed by atoms with Crippen LogP contribution in [0.15, 0.2) is 53.4 Å². The Morgan fingerprint density at radius 3 is 2.50 bits per heavy atom. The Bertz CT molecular complexity index is 895. The third-order valence-electron chi connectivity index (χ3n) is 4.79. The molecule has 1 N–H and O–H groups in total. The first kappa shape index (κ1) is 18.6. The number of carbonyl (C=O) groups is 1. The highest BCUT2D eigenvalue weighted by Gasteiger charge is 2.24. The lowest BCUT2D eigenvalue weighted by atomic mass is 10.0. The number of hydrogen-bond acceptors (Lipinski definition) is 3. The Balaban J connectivity index is 1.73. The molecule has 0 saturated carbocycles. The molecule has 1 aliphatic rings. The number of benzene rings is 2. The number of aryl methyl sites for hydroxylation is 1. The number of nitrogens with zero attached hydrogens (tertiary/aromatic N) is 1. The van der Waals surface area contributed by atoms with Crippen molar-refractivity contribution in [3.8, 4) is 0 Å². The van der Waals surface area contributed by atoms with Crippen LogP contribution in [0.25, 0.3) is 0 Å². The van der Waals surface area contributed by atoms with Gasteiger partial charge in [0.25, 0.3) is 0 Å². The van der Waals surface area contributed by atoms with Gasteiger partial charge in [0, 0.05) is 25.2 Å². The van der Waals surface area contributed by atoms with Gasteiger partial charge in [0.05, 0.1) is 4.90 Å². The van der Waals surface area contributed by atoms with E-state index in [2.05, 4.69) is 4.72 Å². The average Bonchev–Trinajstić information content (AvgIpc) is 3.06. The van der Waals surface area contributed by atoms with Crippen LogP contribution >= 0.6 is 0 Å². The Labute approximate surface area is 155 Å². The van der Waals surface area contributed by atoms with E-state index in [-0.39, 0.29) is 16.7 Å². The van der Waals surface area contributed by atoms with Crippen molar-refractivity contribution in [3.63, 3.8) is 0 Å². The maximum Gasteiger partial charge on any atom is 0.240 e. The lowest BCUT2D eigenvalue weighted by Crippen LogP contribution is -2.28. The second-order valence-electron chi connectivity index (χ2n) is 6.76. The lowest BCUT2D eigenvalue weighted by molar-refractivity contribution is -0.117. The number of anilines is 1. The van der Waals surface area contributed by atoms with Crippen molar-refractivity contribution in [1.82, 2.24) is 4.72 Å². The topological polar surface area (TPSA) is 66.5 Å². The second-order valence-corrected chi connectivity index (χ2v) is 8.53. The minimum atomic E-state index is -3.59. The van der Waals surface area contributed by atoms with Gasteiger partial charge in [0.2, 0.25) is 15.9 Å². The van der Waals surface area contributed by atoms with Gasteiger partial charge >= 0.3 is 0 Å². The van der Waals surface area contributed by atoms with Gasteiger partial charge in [-0.2, -0.15) is 0 Å². The van der Waals surface area contributed by atoms with Gasteiger partial charge in [-0.15, -0.1) is 0 Å². The van der Waals surface area contributed by atoms with Crippen LogP contribution in [0.1, 0.15) is 36.8 Å². The van der Waals surface area contributed by atoms with Crippen LogP contribution in [0.4, 0.5) is 5.69 Å². The molecule has 0 aromatic heterocycles. The molecule has 0 aliphatic carbocycles. The Morgan fingerprint density at radius 1 is 1.15 bits per heavy atom. The summed E-state index contributed by atoms with van der Waals surface area (Å²) in [6, 6.07) is 14.8. The number of hydrogen-bond donors (Lipinski definition) is 1. The molecule has 0 unspecified atom stereocenters. The Kier molecular flexibility index (Phi) is 5.44. The second kappa shape index (κ2) is 7.60. The van der Waals surface area contributed by atoms with Crippen molar-refractivity contribution in [1.29, 1.82) is 0 Å². The number of carbonyl (C=O) groups excluding carboxylic acids is 1. The molecule has 3 rings (SSSR count). The van der Waals surface area contributed by atoms with E-state index in [0.717, 1.165) is 23.2 Å². The SMILES string of the molecule is Cc1cc(S(=O)(=O)NC[C@@H](C)c2ccccc2)ccc1N1CCCC1=O. The molecule has 1 amide bonds. The molecule has 0 radical (unpaired) electrons. The van der Waals surface area contributed by atoms with E-state index >= 15 is 0 Å². The fraction of sp³-hybridized carbons (Fsp3) is 0.350. The lowest BCUT2D eigenvalue weighted by Gasteiger charge is -2.19.